The summed E-state index contributed by atoms with van der Waals surface area (Å²) in [4.78, 5) is 85.0. The predicted molar refractivity (Wildman–Crippen MR) is 460 cm³/mol. The number of hydrogen-bond donors (Lipinski definition) is 2. The molecule has 0 bridgehead atoms. The van der Waals surface area contributed by atoms with E-state index in [-0.39, 0.29) is 40.2 Å². The number of H-pyrrole nitrogens is 1. The summed E-state index contributed by atoms with van der Waals surface area (Å²) in [5.41, 5.74) is -0.278. The molecule has 0 saturated carbocycles. The number of hydrogen-bond acceptors (Lipinski definition) is 10. The summed E-state index contributed by atoms with van der Waals surface area (Å²) in [7, 11) is 0.503. The van der Waals surface area contributed by atoms with Crippen molar-refractivity contribution in [2.75, 3.05) is 11.5 Å². The van der Waals surface area contributed by atoms with E-state index in [2.05, 4.69) is 32.3 Å². The topological polar surface area (TPSA) is 213 Å². The molecule has 39 heteroatoms. The first-order valence-corrected chi connectivity index (χ1v) is 39.9. The fourth-order valence-corrected chi connectivity index (χ4v) is 14.5. The van der Waals surface area contributed by atoms with Gasteiger partial charge in [-0.2, -0.15) is 65.9 Å². The van der Waals surface area contributed by atoms with E-state index in [9.17, 15) is 113 Å². The Morgan fingerprint density at radius 1 is 0.463 bits per heavy atom. The van der Waals surface area contributed by atoms with Gasteiger partial charge in [0.2, 0.25) is 0 Å². The molecule has 1 aliphatic heterocycles. The molecule has 7 aromatic carbocycles. The number of carbonyl (C=O) groups is 2. The minimum absolute atomic E-state index is 0.0249. The van der Waals surface area contributed by atoms with Crippen molar-refractivity contribution >= 4 is 168 Å². The second-order valence-corrected chi connectivity index (χ2v) is 31.4. The maximum Gasteiger partial charge on any atom is 0.496 e. The number of aliphatic carboxylic acids is 1. The summed E-state index contributed by atoms with van der Waals surface area (Å²) < 4.78 is 234. The van der Waals surface area contributed by atoms with Gasteiger partial charge in [0.25, 0.3) is 27.8 Å². The van der Waals surface area contributed by atoms with E-state index in [1.165, 1.54) is 107 Å². The van der Waals surface area contributed by atoms with E-state index in [1.807, 2.05) is 92.1 Å². The normalized spacial score (nSPS) is 13.2. The zero-order valence-corrected chi connectivity index (χ0v) is 71.8. The van der Waals surface area contributed by atoms with E-state index < -0.39 is 120 Å². The molecular formula is C84H70BF17I3N7O11. The lowest BCUT2D eigenvalue weighted by Crippen LogP contribution is -2.41. The van der Waals surface area contributed by atoms with Crippen molar-refractivity contribution in [2.45, 2.75) is 123 Å². The molecule has 15 rings (SSSR count). The smallest absolute Gasteiger partial charge is 0.480 e. The molecule has 0 atom stereocenters. The van der Waals surface area contributed by atoms with Gasteiger partial charge in [-0.05, 0) is 187 Å². The Labute approximate surface area is 727 Å². The SMILES string of the molecule is CC1(C)OB(c2cn(CC(F)(F)F)c(=O)c3ccccc23)OC1(C)C.COC(=O)Cn1c(C)c(I)c2cc(F)ccc21.Cc1c(-c2cn(CC(F)(F)F)c(=O)c3ccccc23)c2cc(F)ccc2n1CC(=O)O.FC(F)(F)CI.O=c1[nH]ccc2ccccc12.O=c1c2ccccc2c(I)cn1CC(F)(F)F.O=c1c2ccccc2ccn1CC(F)(F)F. The van der Waals surface area contributed by atoms with Crippen LogP contribution in [0.5, 0.6) is 0 Å². The number of aromatic nitrogens is 7. The molecule has 0 amide bonds. The maximum atomic E-state index is 14.1. The summed E-state index contributed by atoms with van der Waals surface area (Å²) in [5, 5.41) is 15.4. The van der Waals surface area contributed by atoms with Crippen LogP contribution in [0.25, 0.3) is 86.8 Å². The van der Waals surface area contributed by atoms with Gasteiger partial charge in [-0.3, -0.25) is 33.6 Å². The van der Waals surface area contributed by atoms with E-state index in [4.69, 9.17) is 9.31 Å². The van der Waals surface area contributed by atoms with Crippen molar-refractivity contribution in [1.29, 1.82) is 0 Å². The number of carboxylic acids is 1. The van der Waals surface area contributed by atoms with Gasteiger partial charge in [-0.25, -0.2) is 8.78 Å². The first-order chi connectivity index (χ1) is 57.3. The zero-order chi connectivity index (χ0) is 91.0. The number of alkyl halides is 16. The fraction of sp³-hybridized carbons (Fsp3) is 0.250. The predicted octanol–water partition coefficient (Wildman–Crippen LogP) is 19.7. The van der Waals surface area contributed by atoms with Crippen molar-refractivity contribution < 1.29 is 103 Å². The third kappa shape index (κ3) is 24.6. The molecule has 0 aliphatic carbocycles. The highest BCUT2D eigenvalue weighted by atomic mass is 127. The standard InChI is InChI=1S/C22H16F4N2O3.C17H19BF3NO3.C12H11FINO2.C11H7F3INO.C11H8F3NO.C9H7NO.C2H2F3I/c1-12-20(16-8-13(23)6-7-18(16)28(12)10-19(29)30)17-9-27(11-22(24,25)26)21(31)15-5-3-2-4-14(15)17;1-15(2)16(3,4)25-18(24-15)13-9-22(10-17(19,20)21)14(23)12-8-6-5-7-11(12)13;1-7-12(14)9-5-8(13)3-4-10(9)15(7)6-11(16)17-2;12-11(13,14)6-16-5-9(15)7-3-1-2-4-8(7)10(16)17;12-11(13,14)7-15-6-5-8-3-1-2-4-9(8)10(15)16;11-9-8-4-2-1-3-7(8)5-6-10-9;3-2(4,5)1-6/h2-9H,10-11H2,1H3,(H,29,30);5-9H,10H2,1-4H3;3-5H,6H2,1-2H3;1-5H,6H2;1-6H,7H2;1-6H,(H,10,11);1H2. The molecule has 0 unspecified atom stereocenters. The lowest BCUT2D eigenvalue weighted by Gasteiger charge is -2.32. The number of methoxy groups -OCH3 is 1. The Morgan fingerprint density at radius 2 is 0.854 bits per heavy atom. The summed E-state index contributed by atoms with van der Waals surface area (Å²) in [6.07, 6.45) is -15.5. The van der Waals surface area contributed by atoms with Crippen molar-refractivity contribution in [2.24, 2.45) is 0 Å². The number of aromatic amines is 1. The average Bonchev–Trinajstić information content (AvgIpc) is 1.64. The van der Waals surface area contributed by atoms with Gasteiger partial charge in [0.05, 0.1) is 28.3 Å². The molecule has 1 fully saturated rings. The quantitative estimate of drug-likeness (QED) is 0.0432. The number of carbonyl (C=O) groups excluding carboxylic acids is 1. The van der Waals surface area contributed by atoms with Gasteiger partial charge in [-0.15, -0.1) is 0 Å². The van der Waals surface area contributed by atoms with Gasteiger partial charge < -0.3 is 51.5 Å². The molecule has 0 spiro atoms. The number of ether oxygens (including phenoxy) is 1. The molecule has 0 radical (unpaired) electrons. The lowest BCUT2D eigenvalue weighted by molar-refractivity contribution is -0.142. The summed E-state index contributed by atoms with van der Waals surface area (Å²) in [5.74, 6) is -2.28. The molecule has 123 heavy (non-hydrogen) atoms. The molecular weight excluding hydrogens is 2000 g/mol. The van der Waals surface area contributed by atoms with Crippen molar-refractivity contribution in [1.82, 2.24) is 32.4 Å². The first-order valence-electron chi connectivity index (χ1n) is 36.2. The highest BCUT2D eigenvalue weighted by Crippen LogP contribution is 2.40. The van der Waals surface area contributed by atoms with Crippen LogP contribution in [0.2, 0.25) is 0 Å². The van der Waals surface area contributed by atoms with Crippen LogP contribution in [0.15, 0.2) is 225 Å². The summed E-state index contributed by atoms with van der Waals surface area (Å²) >= 11 is 5.35. The molecule has 7 aromatic heterocycles. The lowest BCUT2D eigenvalue weighted by atomic mass is 9.77. The Morgan fingerprint density at radius 3 is 1.33 bits per heavy atom. The van der Waals surface area contributed by atoms with Gasteiger partial charge in [0.1, 0.15) is 50.9 Å². The number of nitrogens with zero attached hydrogens (tertiary/aromatic N) is 6. The number of nitrogens with one attached hydrogen (secondary N) is 1. The summed E-state index contributed by atoms with van der Waals surface area (Å²) in [6.45, 7) is 5.36. The Hall–Kier alpha value is -10.4. The molecule has 650 valence electrons. The van der Waals surface area contributed by atoms with Gasteiger partial charge in [0, 0.05) is 115 Å². The second kappa shape index (κ2) is 39.2. The van der Waals surface area contributed by atoms with E-state index in [1.54, 1.807) is 92.0 Å². The molecule has 8 heterocycles. The number of esters is 1. The number of halogens is 20. The van der Waals surface area contributed by atoms with Crippen LogP contribution in [-0.4, -0.2) is 110 Å². The van der Waals surface area contributed by atoms with E-state index >= 15 is 0 Å². The third-order valence-electron chi connectivity index (χ3n) is 19.2. The van der Waals surface area contributed by atoms with Crippen LogP contribution in [0.4, 0.5) is 74.6 Å². The third-order valence-corrected chi connectivity index (χ3v) is 22.2. The highest BCUT2D eigenvalue weighted by Gasteiger charge is 2.52. The number of carboxylic acid groups (broad SMARTS) is 1. The van der Waals surface area contributed by atoms with Crippen molar-refractivity contribution in [3.05, 3.63) is 283 Å². The molecule has 1 aliphatic rings. The number of pyridine rings is 5. The largest absolute Gasteiger partial charge is 0.496 e. The van der Waals surface area contributed by atoms with Crippen LogP contribution in [0.1, 0.15) is 39.1 Å². The molecule has 14 aromatic rings. The maximum absolute atomic E-state index is 14.1. The van der Waals surface area contributed by atoms with Crippen LogP contribution in [0.3, 0.4) is 0 Å². The van der Waals surface area contributed by atoms with Gasteiger partial charge >= 0.3 is 49.9 Å². The molecule has 2 N–H and O–H groups in total. The van der Waals surface area contributed by atoms with Crippen molar-refractivity contribution in [3.8, 4) is 11.1 Å². The van der Waals surface area contributed by atoms with Gasteiger partial charge in [-0.1, -0.05) is 114 Å². The minimum Gasteiger partial charge on any atom is -0.480 e. The zero-order valence-electron chi connectivity index (χ0n) is 65.4. The van der Waals surface area contributed by atoms with Gasteiger partial charge in [0.15, 0.2) is 0 Å². The number of fused-ring (bicyclic) bond motifs is 7. The van der Waals surface area contributed by atoms with Crippen LogP contribution in [-0.2, 0) is 62.9 Å². The highest BCUT2D eigenvalue weighted by molar-refractivity contribution is 14.1. The Kier molecular flexibility index (Phi) is 30.7. The molecule has 1 saturated heterocycles. The van der Waals surface area contributed by atoms with Crippen molar-refractivity contribution in [3.63, 3.8) is 0 Å². The number of rotatable bonds is 10. The monoisotopic (exact) mass is 2070 g/mol. The second-order valence-electron chi connectivity index (χ2n) is 28.4. The van der Waals surface area contributed by atoms with E-state index in [0.717, 1.165) is 43.3 Å². The first kappa shape index (κ1) is 96.4. The average molecular weight is 2070 g/mol. The number of benzene rings is 7. The summed E-state index contributed by atoms with van der Waals surface area (Å²) in [6, 6.07) is 45.3. The van der Waals surface area contributed by atoms with E-state index in [0.29, 0.717) is 81.8 Å². The minimum atomic E-state index is -4.62. The molecule has 18 nitrogen and oxygen atoms in total. The Balaban J connectivity index is 0.000000169. The van der Waals surface area contributed by atoms with Crippen LogP contribution < -0.4 is 33.3 Å². The Bertz CT molecular complexity index is 6550. The van der Waals surface area contributed by atoms with Crippen LogP contribution in [0, 0.1) is 32.6 Å². The fourth-order valence-electron chi connectivity index (χ4n) is 12.9. The van der Waals surface area contributed by atoms with Crippen LogP contribution >= 0.6 is 67.8 Å².